The van der Waals surface area contributed by atoms with Crippen LogP contribution in [0.3, 0.4) is 0 Å². The number of carbonyl (C=O) groups excluding carboxylic acids is 3. The summed E-state index contributed by atoms with van der Waals surface area (Å²) >= 11 is 0. The Bertz CT molecular complexity index is 1260. The topological polar surface area (TPSA) is 95.8 Å². The third-order valence-electron chi connectivity index (χ3n) is 7.23. The van der Waals surface area contributed by atoms with Gasteiger partial charge in [0.2, 0.25) is 5.91 Å². The summed E-state index contributed by atoms with van der Waals surface area (Å²) in [5.41, 5.74) is 2.34. The van der Waals surface area contributed by atoms with E-state index >= 15 is 0 Å². The van der Waals surface area contributed by atoms with Crippen LogP contribution in [0.1, 0.15) is 44.6 Å². The standard InChI is InChI=1S/C26H29N5O3/c1-3-18-11-13-26(14-12-18)24(33)31(25(34)29-26)16-20(32)27-23-21(19-9-5-4-6-10-19)28-22-17(2)8-7-15-30(22)23/h4-10,15,18H,3,11-14,16H2,1-2H3,(H,27,32)(H,29,34). The van der Waals surface area contributed by atoms with Crippen molar-refractivity contribution in [3.8, 4) is 11.3 Å². The van der Waals surface area contributed by atoms with Crippen molar-refractivity contribution in [3.63, 3.8) is 0 Å². The zero-order valence-electron chi connectivity index (χ0n) is 19.5. The van der Waals surface area contributed by atoms with Crippen LogP contribution in [0.25, 0.3) is 16.9 Å². The number of rotatable bonds is 5. The molecule has 1 saturated heterocycles. The maximum atomic E-state index is 13.2. The highest BCUT2D eigenvalue weighted by Crippen LogP contribution is 2.37. The van der Waals surface area contributed by atoms with E-state index in [-0.39, 0.29) is 12.5 Å². The molecule has 1 saturated carbocycles. The van der Waals surface area contributed by atoms with Gasteiger partial charge in [0.05, 0.1) is 0 Å². The van der Waals surface area contributed by atoms with E-state index in [1.807, 2.05) is 60.0 Å². The molecule has 2 aromatic heterocycles. The van der Waals surface area contributed by atoms with E-state index in [0.717, 1.165) is 40.9 Å². The number of aromatic nitrogens is 2. The fraction of sp³-hybridized carbons (Fsp3) is 0.385. The van der Waals surface area contributed by atoms with Gasteiger partial charge in [-0.05, 0) is 50.2 Å². The number of imidazole rings is 1. The summed E-state index contributed by atoms with van der Waals surface area (Å²) < 4.78 is 1.83. The van der Waals surface area contributed by atoms with Crippen LogP contribution < -0.4 is 10.6 Å². The molecular formula is C26H29N5O3. The number of nitrogens with zero attached hydrogens (tertiary/aromatic N) is 3. The Balaban J connectivity index is 1.39. The van der Waals surface area contributed by atoms with E-state index in [1.54, 1.807) is 0 Å². The maximum absolute atomic E-state index is 13.2. The van der Waals surface area contributed by atoms with Gasteiger partial charge in [-0.15, -0.1) is 0 Å². The quantitative estimate of drug-likeness (QED) is 0.561. The van der Waals surface area contributed by atoms with Crippen LogP contribution in [0.4, 0.5) is 10.6 Å². The summed E-state index contributed by atoms with van der Waals surface area (Å²) in [5.74, 6) is 0.366. The van der Waals surface area contributed by atoms with Gasteiger partial charge in [-0.1, -0.05) is 49.7 Å². The summed E-state index contributed by atoms with van der Waals surface area (Å²) in [6, 6.07) is 13.0. The van der Waals surface area contributed by atoms with Crippen LogP contribution in [0.2, 0.25) is 0 Å². The predicted molar refractivity (Wildman–Crippen MR) is 129 cm³/mol. The van der Waals surface area contributed by atoms with Crippen molar-refractivity contribution in [1.82, 2.24) is 19.6 Å². The van der Waals surface area contributed by atoms with Crippen molar-refractivity contribution < 1.29 is 14.4 Å². The Kier molecular flexibility index (Phi) is 5.59. The number of nitrogens with one attached hydrogen (secondary N) is 2. The van der Waals surface area contributed by atoms with Crippen molar-refractivity contribution in [1.29, 1.82) is 0 Å². The van der Waals surface area contributed by atoms with Crippen LogP contribution in [-0.4, -0.2) is 44.2 Å². The SMILES string of the molecule is CCC1CCC2(CC1)NC(=O)N(CC(=O)Nc1c(-c3ccccc3)nc3c(C)cccn13)C2=O. The normalized spacial score (nSPS) is 22.4. The van der Waals surface area contributed by atoms with Gasteiger partial charge in [-0.25, -0.2) is 9.78 Å². The number of urea groups is 1. The molecule has 0 radical (unpaired) electrons. The molecule has 3 aromatic rings. The van der Waals surface area contributed by atoms with E-state index in [0.29, 0.717) is 30.3 Å². The number of hydrogen-bond acceptors (Lipinski definition) is 4. The molecule has 2 aliphatic rings. The molecule has 0 unspecified atom stereocenters. The molecule has 1 aromatic carbocycles. The van der Waals surface area contributed by atoms with E-state index in [1.165, 1.54) is 0 Å². The first kappa shape index (κ1) is 22.1. The van der Waals surface area contributed by atoms with Crippen molar-refractivity contribution in [2.45, 2.75) is 51.5 Å². The molecule has 5 rings (SSSR count). The number of imide groups is 1. The van der Waals surface area contributed by atoms with Crippen LogP contribution in [0.5, 0.6) is 0 Å². The third-order valence-corrected chi connectivity index (χ3v) is 7.23. The summed E-state index contributed by atoms with van der Waals surface area (Å²) in [5, 5.41) is 5.81. The molecule has 4 amide bonds. The number of amides is 4. The number of benzene rings is 1. The van der Waals surface area contributed by atoms with Crippen molar-refractivity contribution >= 4 is 29.3 Å². The smallest absolute Gasteiger partial charge is 0.323 e. The van der Waals surface area contributed by atoms with Gasteiger partial charge in [-0.2, -0.15) is 0 Å². The number of anilines is 1. The van der Waals surface area contributed by atoms with Gasteiger partial charge in [0.15, 0.2) is 0 Å². The Morgan fingerprint density at radius 1 is 1.15 bits per heavy atom. The van der Waals surface area contributed by atoms with E-state index in [9.17, 15) is 14.4 Å². The molecule has 2 N–H and O–H groups in total. The third kappa shape index (κ3) is 3.73. The first-order chi connectivity index (χ1) is 16.4. The number of aryl methyl sites for hydroxylation is 1. The minimum absolute atomic E-state index is 0.292. The minimum atomic E-state index is -0.862. The van der Waals surface area contributed by atoms with Gasteiger partial charge in [-0.3, -0.25) is 18.9 Å². The predicted octanol–water partition coefficient (Wildman–Crippen LogP) is 4.14. The van der Waals surface area contributed by atoms with Crippen LogP contribution in [0.15, 0.2) is 48.7 Å². The second-order valence-electron chi connectivity index (χ2n) is 9.36. The summed E-state index contributed by atoms with van der Waals surface area (Å²) in [4.78, 5) is 44.8. The second kappa shape index (κ2) is 8.59. The average Bonchev–Trinajstić information content (AvgIpc) is 3.32. The van der Waals surface area contributed by atoms with Gasteiger partial charge < -0.3 is 10.6 Å². The Labute approximate surface area is 198 Å². The van der Waals surface area contributed by atoms with E-state index in [4.69, 9.17) is 4.98 Å². The Morgan fingerprint density at radius 2 is 1.88 bits per heavy atom. The average molecular weight is 460 g/mol. The number of hydrogen-bond donors (Lipinski definition) is 2. The van der Waals surface area contributed by atoms with Crippen LogP contribution in [0, 0.1) is 12.8 Å². The first-order valence-corrected chi connectivity index (χ1v) is 11.9. The lowest BCUT2D eigenvalue weighted by atomic mass is 9.75. The van der Waals surface area contributed by atoms with Gasteiger partial charge in [0.1, 0.15) is 29.2 Å². The Hall–Kier alpha value is -3.68. The van der Waals surface area contributed by atoms with E-state index < -0.39 is 17.5 Å². The lowest BCUT2D eigenvalue weighted by Crippen LogP contribution is -2.49. The molecule has 8 heteroatoms. The zero-order valence-corrected chi connectivity index (χ0v) is 19.5. The highest BCUT2D eigenvalue weighted by molar-refractivity contribution is 6.10. The lowest BCUT2D eigenvalue weighted by molar-refractivity contribution is -0.135. The molecule has 2 fully saturated rings. The minimum Gasteiger partial charge on any atom is -0.323 e. The molecule has 1 spiro atoms. The number of fused-ring (bicyclic) bond motifs is 1. The van der Waals surface area contributed by atoms with Crippen molar-refractivity contribution in [2.75, 3.05) is 11.9 Å². The first-order valence-electron chi connectivity index (χ1n) is 11.9. The Morgan fingerprint density at radius 3 is 2.59 bits per heavy atom. The highest BCUT2D eigenvalue weighted by atomic mass is 16.2. The van der Waals surface area contributed by atoms with Crippen LogP contribution >= 0.6 is 0 Å². The molecule has 0 atom stereocenters. The summed E-state index contributed by atoms with van der Waals surface area (Å²) in [7, 11) is 0. The van der Waals surface area contributed by atoms with Crippen molar-refractivity contribution in [2.24, 2.45) is 5.92 Å². The van der Waals surface area contributed by atoms with E-state index in [2.05, 4.69) is 17.6 Å². The maximum Gasteiger partial charge on any atom is 0.325 e. The highest BCUT2D eigenvalue weighted by Gasteiger charge is 2.52. The summed E-state index contributed by atoms with van der Waals surface area (Å²) in [6.07, 6.45) is 5.98. The van der Waals surface area contributed by atoms with Crippen molar-refractivity contribution in [3.05, 3.63) is 54.2 Å². The molecule has 0 bridgehead atoms. The molecular weight excluding hydrogens is 430 g/mol. The molecule has 1 aliphatic carbocycles. The fourth-order valence-electron chi connectivity index (χ4n) is 5.17. The molecule has 3 heterocycles. The second-order valence-corrected chi connectivity index (χ2v) is 9.36. The fourth-order valence-corrected chi connectivity index (χ4v) is 5.17. The lowest BCUT2D eigenvalue weighted by Gasteiger charge is -2.34. The largest absolute Gasteiger partial charge is 0.325 e. The number of pyridine rings is 1. The van der Waals surface area contributed by atoms with Gasteiger partial charge >= 0.3 is 6.03 Å². The van der Waals surface area contributed by atoms with Gasteiger partial charge in [0, 0.05) is 11.8 Å². The molecule has 34 heavy (non-hydrogen) atoms. The molecule has 176 valence electrons. The molecule has 1 aliphatic heterocycles. The molecule has 8 nitrogen and oxygen atoms in total. The van der Waals surface area contributed by atoms with Crippen LogP contribution in [-0.2, 0) is 9.59 Å². The number of carbonyl (C=O) groups is 3. The zero-order chi connectivity index (χ0) is 23.9. The summed E-state index contributed by atoms with van der Waals surface area (Å²) in [6.45, 7) is 3.78. The van der Waals surface area contributed by atoms with Gasteiger partial charge in [0.25, 0.3) is 5.91 Å². The monoisotopic (exact) mass is 459 g/mol.